The number of unbranched alkanes of at least 4 members (excludes halogenated alkanes) is 30. The number of phosphoric ester groups is 1. The molecule has 0 saturated heterocycles. The summed E-state index contributed by atoms with van der Waals surface area (Å²) in [7, 11) is -4.34. The minimum Gasteiger partial charge on any atom is -0.387 e. The molecule has 5 N–H and O–H groups in total. The number of rotatable bonds is 46. The number of hydrogen-bond acceptors (Lipinski definition) is 6. The van der Waals surface area contributed by atoms with Crippen LogP contribution in [0.2, 0.25) is 0 Å². The minimum atomic E-state index is -4.34. The fraction of sp³-hybridized carbons (Fsp3) is 0.857. The van der Waals surface area contributed by atoms with Crippen LogP contribution in [0.4, 0.5) is 0 Å². The average molecular weight is 839 g/mol. The number of allylic oxidation sites excluding steroid dienone is 5. The van der Waals surface area contributed by atoms with Gasteiger partial charge in [-0.3, -0.25) is 13.8 Å². The van der Waals surface area contributed by atoms with Crippen LogP contribution < -0.4 is 11.1 Å². The van der Waals surface area contributed by atoms with Gasteiger partial charge in [-0.1, -0.05) is 217 Å². The first-order chi connectivity index (χ1) is 28.4. The maximum atomic E-state index is 12.8. The van der Waals surface area contributed by atoms with E-state index in [0.717, 1.165) is 44.9 Å². The van der Waals surface area contributed by atoms with Crippen molar-refractivity contribution in [2.75, 3.05) is 19.8 Å². The van der Waals surface area contributed by atoms with Gasteiger partial charge in [0.1, 0.15) is 0 Å². The molecule has 0 aliphatic heterocycles. The average Bonchev–Trinajstić information content (AvgIpc) is 3.21. The van der Waals surface area contributed by atoms with Crippen molar-refractivity contribution in [3.05, 3.63) is 36.5 Å². The molecule has 0 bridgehead atoms. The molecule has 0 aliphatic rings. The Morgan fingerprint density at radius 2 is 0.948 bits per heavy atom. The highest BCUT2D eigenvalue weighted by Gasteiger charge is 2.26. The molecule has 1 amide bonds. The summed E-state index contributed by atoms with van der Waals surface area (Å²) in [5.41, 5.74) is 5.39. The predicted octanol–water partition coefficient (Wildman–Crippen LogP) is 14.3. The van der Waals surface area contributed by atoms with Crippen LogP contribution in [0.3, 0.4) is 0 Å². The van der Waals surface area contributed by atoms with Crippen LogP contribution in [0.15, 0.2) is 36.5 Å². The number of nitrogens with one attached hydrogen (secondary N) is 1. The highest BCUT2D eigenvalue weighted by Crippen LogP contribution is 2.43. The molecular formula is C49H95N2O6P. The van der Waals surface area contributed by atoms with Crippen molar-refractivity contribution >= 4 is 13.7 Å². The largest absolute Gasteiger partial charge is 0.472 e. The lowest BCUT2D eigenvalue weighted by Crippen LogP contribution is -2.45. The third kappa shape index (κ3) is 42.8. The van der Waals surface area contributed by atoms with E-state index in [0.29, 0.717) is 6.42 Å². The van der Waals surface area contributed by atoms with Gasteiger partial charge in [0.15, 0.2) is 0 Å². The van der Waals surface area contributed by atoms with Crippen LogP contribution in [-0.2, 0) is 18.4 Å². The van der Waals surface area contributed by atoms with Crippen molar-refractivity contribution in [2.45, 2.75) is 251 Å². The summed E-state index contributed by atoms with van der Waals surface area (Å²) in [5.74, 6) is -0.195. The number of nitrogens with two attached hydrogens (primary N) is 1. The van der Waals surface area contributed by atoms with Crippen LogP contribution in [-0.4, -0.2) is 47.8 Å². The van der Waals surface area contributed by atoms with E-state index in [-0.39, 0.29) is 25.7 Å². The number of aliphatic hydroxyl groups is 1. The molecule has 3 unspecified atom stereocenters. The summed E-state index contributed by atoms with van der Waals surface area (Å²) >= 11 is 0. The monoisotopic (exact) mass is 839 g/mol. The first-order valence-electron chi connectivity index (χ1n) is 24.6. The molecule has 3 atom stereocenters. The number of aliphatic hydroxyl groups excluding tert-OH is 1. The number of carbonyl (C=O) groups excluding carboxylic acids is 1. The van der Waals surface area contributed by atoms with Crippen LogP contribution in [0, 0.1) is 0 Å². The zero-order chi connectivity index (χ0) is 42.5. The molecule has 0 aromatic heterocycles. The van der Waals surface area contributed by atoms with Crippen LogP contribution in [0.5, 0.6) is 0 Å². The molecule has 8 nitrogen and oxygen atoms in total. The van der Waals surface area contributed by atoms with Gasteiger partial charge in [-0.25, -0.2) is 4.57 Å². The predicted molar refractivity (Wildman–Crippen MR) is 249 cm³/mol. The Bertz CT molecular complexity index is 1010. The number of hydrogen-bond donors (Lipinski definition) is 4. The Morgan fingerprint density at radius 1 is 0.569 bits per heavy atom. The normalized spacial score (nSPS) is 14.2. The number of phosphoric acid groups is 1. The second-order valence-electron chi connectivity index (χ2n) is 16.7. The molecule has 0 spiro atoms. The van der Waals surface area contributed by atoms with E-state index in [2.05, 4.69) is 43.5 Å². The van der Waals surface area contributed by atoms with Crippen LogP contribution in [0.25, 0.3) is 0 Å². The third-order valence-electron chi connectivity index (χ3n) is 11.0. The van der Waals surface area contributed by atoms with Gasteiger partial charge < -0.3 is 21.1 Å². The maximum Gasteiger partial charge on any atom is 0.472 e. The van der Waals surface area contributed by atoms with E-state index in [1.54, 1.807) is 6.08 Å². The van der Waals surface area contributed by atoms with Crippen molar-refractivity contribution in [1.29, 1.82) is 0 Å². The molecule has 0 fully saturated rings. The molecule has 0 aromatic carbocycles. The van der Waals surface area contributed by atoms with Crippen molar-refractivity contribution < 1.29 is 28.4 Å². The van der Waals surface area contributed by atoms with Gasteiger partial charge in [0.25, 0.3) is 0 Å². The SMILES string of the molecule is CCCCCCC/C=C\C/C=C\CCCCCCCCCCCCCC(=O)NC(COP(=O)(O)OCCN)C(O)/C=C/CCCCCCCCCCCCCCCC. The molecular weight excluding hydrogens is 744 g/mol. The first kappa shape index (κ1) is 56.7. The van der Waals surface area contributed by atoms with Crippen LogP contribution >= 0.6 is 7.82 Å². The quantitative estimate of drug-likeness (QED) is 0.0273. The second kappa shape index (κ2) is 45.3. The maximum absolute atomic E-state index is 12.8. The van der Waals surface area contributed by atoms with E-state index in [9.17, 15) is 19.4 Å². The summed E-state index contributed by atoms with van der Waals surface area (Å²) in [6.07, 6.45) is 54.8. The molecule has 0 rings (SSSR count). The molecule has 0 radical (unpaired) electrons. The van der Waals surface area contributed by atoms with E-state index >= 15 is 0 Å². The standard InChI is InChI=1S/C49H95N2O6P/c1-3-5-7-9-11-13-15-17-19-21-22-23-24-25-26-27-29-31-33-35-37-39-41-43-49(53)51-47(46-57-58(54,55)56-45-44-50)48(52)42-40-38-36-34-32-30-28-20-18-16-14-12-10-8-6-4-2/h15,17,21-22,40,42,47-48,52H,3-14,16,18-20,23-39,41,43-46,50H2,1-2H3,(H,51,53)(H,54,55)/b17-15-,22-21-,42-40+. The highest BCUT2D eigenvalue weighted by molar-refractivity contribution is 7.47. The number of carbonyl (C=O) groups is 1. The minimum absolute atomic E-state index is 0.0784. The van der Waals surface area contributed by atoms with Crippen molar-refractivity contribution in [3.8, 4) is 0 Å². The highest BCUT2D eigenvalue weighted by atomic mass is 31.2. The summed E-state index contributed by atoms with van der Waals surface area (Å²) in [6.45, 7) is 4.14. The Balaban J connectivity index is 4.10. The molecule has 58 heavy (non-hydrogen) atoms. The molecule has 0 heterocycles. The summed E-state index contributed by atoms with van der Waals surface area (Å²) in [6, 6.07) is -0.861. The summed E-state index contributed by atoms with van der Waals surface area (Å²) in [4.78, 5) is 22.8. The van der Waals surface area contributed by atoms with E-state index in [1.807, 2.05) is 6.08 Å². The van der Waals surface area contributed by atoms with E-state index < -0.39 is 20.0 Å². The molecule has 0 saturated carbocycles. The van der Waals surface area contributed by atoms with Gasteiger partial charge >= 0.3 is 7.82 Å². The summed E-state index contributed by atoms with van der Waals surface area (Å²) in [5, 5.41) is 13.7. The Hall–Kier alpha value is -1.28. The van der Waals surface area contributed by atoms with Gasteiger partial charge in [-0.05, 0) is 51.4 Å². The first-order valence-corrected chi connectivity index (χ1v) is 26.1. The van der Waals surface area contributed by atoms with Crippen molar-refractivity contribution in [3.63, 3.8) is 0 Å². The van der Waals surface area contributed by atoms with Crippen molar-refractivity contribution in [2.24, 2.45) is 5.73 Å². The zero-order valence-electron chi connectivity index (χ0n) is 38.0. The lowest BCUT2D eigenvalue weighted by atomic mass is 10.0. The molecule has 9 heteroatoms. The molecule has 342 valence electrons. The summed E-state index contributed by atoms with van der Waals surface area (Å²) < 4.78 is 22.2. The van der Waals surface area contributed by atoms with Gasteiger partial charge in [0.2, 0.25) is 5.91 Å². The fourth-order valence-corrected chi connectivity index (χ4v) is 7.98. The topological polar surface area (TPSA) is 131 Å². The smallest absolute Gasteiger partial charge is 0.387 e. The lowest BCUT2D eigenvalue weighted by Gasteiger charge is -2.23. The Labute approximate surface area is 359 Å². The van der Waals surface area contributed by atoms with E-state index in [4.69, 9.17) is 14.8 Å². The van der Waals surface area contributed by atoms with E-state index in [1.165, 1.54) is 173 Å². The Kier molecular flexibility index (Phi) is 44.3. The third-order valence-corrected chi connectivity index (χ3v) is 11.9. The zero-order valence-corrected chi connectivity index (χ0v) is 38.9. The second-order valence-corrected chi connectivity index (χ2v) is 18.1. The Morgan fingerprint density at radius 3 is 1.36 bits per heavy atom. The van der Waals surface area contributed by atoms with Crippen molar-refractivity contribution in [1.82, 2.24) is 5.32 Å². The van der Waals surface area contributed by atoms with Crippen LogP contribution in [0.1, 0.15) is 239 Å². The van der Waals surface area contributed by atoms with Gasteiger partial charge in [-0.2, -0.15) is 0 Å². The number of amides is 1. The molecule has 0 aromatic rings. The fourth-order valence-electron chi connectivity index (χ4n) is 7.22. The molecule has 0 aliphatic carbocycles. The van der Waals surface area contributed by atoms with Gasteiger partial charge in [-0.15, -0.1) is 0 Å². The van der Waals surface area contributed by atoms with Gasteiger partial charge in [0.05, 0.1) is 25.4 Å². The van der Waals surface area contributed by atoms with Gasteiger partial charge in [0, 0.05) is 13.0 Å². The lowest BCUT2D eigenvalue weighted by molar-refractivity contribution is -0.123.